The highest BCUT2D eigenvalue weighted by Gasteiger charge is 2.46. The zero-order chi connectivity index (χ0) is 11.9. The lowest BCUT2D eigenvalue weighted by Gasteiger charge is -2.28. The second-order valence-corrected chi connectivity index (χ2v) is 5.57. The van der Waals surface area contributed by atoms with Gasteiger partial charge in [-0.3, -0.25) is 9.59 Å². The quantitative estimate of drug-likeness (QED) is 0.667. The molecule has 86 valence electrons. The minimum atomic E-state index is -0.688. The lowest BCUT2D eigenvalue weighted by molar-refractivity contribution is -0.147. The largest absolute Gasteiger partial charge is 0.459 e. The Hall–Kier alpha value is -1.06. The van der Waals surface area contributed by atoms with Crippen molar-refractivity contribution in [1.29, 1.82) is 0 Å². The third-order valence-corrected chi connectivity index (χ3v) is 2.40. The van der Waals surface area contributed by atoms with Crippen LogP contribution < -0.4 is 5.32 Å². The van der Waals surface area contributed by atoms with E-state index in [1.807, 2.05) is 20.8 Å². The smallest absolute Gasteiger partial charge is 0.307 e. The zero-order valence-electron chi connectivity index (χ0n) is 10.0. The molecule has 1 saturated heterocycles. The standard InChI is InChI=1S/C11H19NO3/c1-10(2,3)12-9(14)7-6-8(13)15-11(7,4)5/h7H,6H2,1-5H3,(H,12,14)/t7-/m0/s1. The number of hydrogen-bond donors (Lipinski definition) is 1. The van der Waals surface area contributed by atoms with Crippen LogP contribution in [0.15, 0.2) is 0 Å². The highest BCUT2D eigenvalue weighted by Crippen LogP contribution is 2.32. The highest BCUT2D eigenvalue weighted by molar-refractivity contribution is 5.88. The summed E-state index contributed by atoms with van der Waals surface area (Å²) in [5.74, 6) is -0.795. The molecule has 0 aromatic heterocycles. The Morgan fingerprint density at radius 1 is 1.47 bits per heavy atom. The molecule has 0 saturated carbocycles. The van der Waals surface area contributed by atoms with Gasteiger partial charge in [0.1, 0.15) is 5.60 Å². The molecule has 1 fully saturated rings. The van der Waals surface area contributed by atoms with Crippen LogP contribution >= 0.6 is 0 Å². The monoisotopic (exact) mass is 213 g/mol. The average Bonchev–Trinajstić information content (AvgIpc) is 2.20. The molecule has 1 rings (SSSR count). The van der Waals surface area contributed by atoms with Crippen molar-refractivity contribution in [3.05, 3.63) is 0 Å². The Morgan fingerprint density at radius 2 is 2.00 bits per heavy atom. The van der Waals surface area contributed by atoms with Crippen LogP contribution in [-0.4, -0.2) is 23.0 Å². The summed E-state index contributed by atoms with van der Waals surface area (Å²) < 4.78 is 5.10. The van der Waals surface area contributed by atoms with Crippen LogP contribution in [-0.2, 0) is 14.3 Å². The molecule has 1 atom stereocenters. The van der Waals surface area contributed by atoms with Crippen LogP contribution in [0.25, 0.3) is 0 Å². The van der Waals surface area contributed by atoms with E-state index in [-0.39, 0.29) is 29.8 Å². The van der Waals surface area contributed by atoms with Gasteiger partial charge in [-0.2, -0.15) is 0 Å². The predicted molar refractivity (Wildman–Crippen MR) is 56.2 cm³/mol. The van der Waals surface area contributed by atoms with E-state index in [4.69, 9.17) is 4.74 Å². The van der Waals surface area contributed by atoms with Gasteiger partial charge in [-0.05, 0) is 34.6 Å². The number of ether oxygens (including phenoxy) is 1. The van der Waals surface area contributed by atoms with E-state index < -0.39 is 5.60 Å². The van der Waals surface area contributed by atoms with Crippen LogP contribution in [0, 0.1) is 5.92 Å². The predicted octanol–water partition coefficient (Wildman–Crippen LogP) is 1.24. The van der Waals surface area contributed by atoms with Crippen molar-refractivity contribution in [2.24, 2.45) is 5.92 Å². The van der Waals surface area contributed by atoms with E-state index in [1.165, 1.54) is 0 Å². The van der Waals surface area contributed by atoms with Crippen molar-refractivity contribution in [1.82, 2.24) is 5.32 Å². The van der Waals surface area contributed by atoms with E-state index in [2.05, 4.69) is 5.32 Å². The Morgan fingerprint density at radius 3 is 2.33 bits per heavy atom. The lowest BCUT2D eigenvalue weighted by Crippen LogP contribution is -2.48. The Balaban J connectivity index is 2.72. The summed E-state index contributed by atoms with van der Waals surface area (Å²) in [4.78, 5) is 23.0. The van der Waals surface area contributed by atoms with Gasteiger partial charge in [-0.15, -0.1) is 0 Å². The normalized spacial score (nSPS) is 24.9. The van der Waals surface area contributed by atoms with Crippen molar-refractivity contribution >= 4 is 11.9 Å². The lowest BCUT2D eigenvalue weighted by atomic mass is 9.89. The first-order chi connectivity index (χ1) is 6.62. The van der Waals surface area contributed by atoms with Crippen molar-refractivity contribution in [3.63, 3.8) is 0 Å². The summed E-state index contributed by atoms with van der Waals surface area (Å²) in [5, 5.41) is 2.87. The number of carbonyl (C=O) groups excluding carboxylic acids is 2. The fraction of sp³-hybridized carbons (Fsp3) is 0.818. The van der Waals surface area contributed by atoms with Crippen LogP contribution in [0.4, 0.5) is 0 Å². The van der Waals surface area contributed by atoms with Crippen LogP contribution in [0.3, 0.4) is 0 Å². The molecule has 0 aromatic rings. The first-order valence-corrected chi connectivity index (χ1v) is 5.16. The van der Waals surface area contributed by atoms with E-state index in [0.29, 0.717) is 0 Å². The fourth-order valence-electron chi connectivity index (χ4n) is 1.68. The molecule has 1 aliphatic rings. The maximum atomic E-state index is 11.9. The van der Waals surface area contributed by atoms with Crippen LogP contribution in [0.2, 0.25) is 0 Å². The molecule has 1 heterocycles. The molecule has 0 spiro atoms. The number of hydrogen-bond acceptors (Lipinski definition) is 3. The van der Waals surface area contributed by atoms with Crippen molar-refractivity contribution < 1.29 is 14.3 Å². The van der Waals surface area contributed by atoms with E-state index in [9.17, 15) is 9.59 Å². The minimum absolute atomic E-state index is 0.113. The topological polar surface area (TPSA) is 55.4 Å². The number of cyclic esters (lactones) is 1. The van der Waals surface area contributed by atoms with Crippen molar-refractivity contribution in [2.45, 2.75) is 52.2 Å². The van der Waals surface area contributed by atoms with Gasteiger partial charge in [0.15, 0.2) is 0 Å². The van der Waals surface area contributed by atoms with Gasteiger partial charge in [0.05, 0.1) is 12.3 Å². The van der Waals surface area contributed by atoms with E-state index >= 15 is 0 Å². The van der Waals surface area contributed by atoms with Crippen molar-refractivity contribution in [3.8, 4) is 0 Å². The molecule has 0 aromatic carbocycles. The van der Waals surface area contributed by atoms with E-state index in [0.717, 1.165) is 0 Å². The van der Waals surface area contributed by atoms with Gasteiger partial charge in [0.25, 0.3) is 0 Å². The third-order valence-electron chi connectivity index (χ3n) is 2.40. The fourth-order valence-corrected chi connectivity index (χ4v) is 1.68. The molecule has 15 heavy (non-hydrogen) atoms. The molecular weight excluding hydrogens is 194 g/mol. The van der Waals surface area contributed by atoms with Gasteiger partial charge in [-0.1, -0.05) is 0 Å². The Labute approximate surface area is 90.4 Å². The van der Waals surface area contributed by atoms with Crippen LogP contribution in [0.1, 0.15) is 41.0 Å². The molecule has 4 heteroatoms. The first kappa shape index (κ1) is 12.0. The second kappa shape index (κ2) is 3.51. The molecule has 1 N–H and O–H groups in total. The number of amides is 1. The van der Waals surface area contributed by atoms with Gasteiger partial charge in [0.2, 0.25) is 5.91 Å². The van der Waals surface area contributed by atoms with Gasteiger partial charge < -0.3 is 10.1 Å². The summed E-state index contributed by atoms with van der Waals surface area (Å²) in [5.41, 5.74) is -0.967. The van der Waals surface area contributed by atoms with E-state index in [1.54, 1.807) is 13.8 Å². The summed E-state index contributed by atoms with van der Waals surface area (Å²) in [6.07, 6.45) is 0.176. The summed E-state index contributed by atoms with van der Waals surface area (Å²) >= 11 is 0. The molecule has 1 aliphatic heterocycles. The Bertz CT molecular complexity index is 289. The molecular formula is C11H19NO3. The number of nitrogens with one attached hydrogen (secondary N) is 1. The molecule has 4 nitrogen and oxygen atoms in total. The van der Waals surface area contributed by atoms with Gasteiger partial charge in [-0.25, -0.2) is 0 Å². The number of carbonyl (C=O) groups is 2. The first-order valence-electron chi connectivity index (χ1n) is 5.16. The maximum Gasteiger partial charge on any atom is 0.307 e. The molecule has 1 amide bonds. The molecule has 0 aliphatic carbocycles. The molecule has 0 unspecified atom stereocenters. The summed E-state index contributed by atoms with van der Waals surface area (Å²) in [6.45, 7) is 9.27. The summed E-state index contributed by atoms with van der Waals surface area (Å²) in [7, 11) is 0. The van der Waals surface area contributed by atoms with Crippen molar-refractivity contribution in [2.75, 3.05) is 0 Å². The van der Waals surface area contributed by atoms with Gasteiger partial charge >= 0.3 is 5.97 Å². The third kappa shape index (κ3) is 2.94. The number of esters is 1. The molecule has 0 bridgehead atoms. The summed E-state index contributed by atoms with van der Waals surface area (Å²) in [6, 6.07) is 0. The second-order valence-electron chi connectivity index (χ2n) is 5.57. The van der Waals surface area contributed by atoms with Gasteiger partial charge in [0, 0.05) is 5.54 Å². The van der Waals surface area contributed by atoms with Crippen LogP contribution in [0.5, 0.6) is 0 Å². The Kier molecular flexibility index (Phi) is 2.81. The number of rotatable bonds is 1. The molecule has 0 radical (unpaired) electrons. The zero-order valence-corrected chi connectivity index (χ0v) is 10.0. The minimum Gasteiger partial charge on any atom is -0.459 e. The average molecular weight is 213 g/mol. The highest BCUT2D eigenvalue weighted by atomic mass is 16.6. The maximum absolute atomic E-state index is 11.9. The SMILES string of the molecule is CC(C)(C)NC(=O)[C@@H]1CC(=O)OC1(C)C.